The van der Waals surface area contributed by atoms with Crippen LogP contribution in [-0.4, -0.2) is 45.1 Å². The highest BCUT2D eigenvalue weighted by Gasteiger charge is 2.16. The van der Waals surface area contributed by atoms with Crippen LogP contribution in [0.3, 0.4) is 0 Å². The molecule has 0 aliphatic heterocycles. The van der Waals surface area contributed by atoms with Crippen LogP contribution in [0.25, 0.3) is 0 Å². The molecule has 134 valence electrons. The van der Waals surface area contributed by atoms with E-state index in [2.05, 4.69) is 76.6 Å². The van der Waals surface area contributed by atoms with Gasteiger partial charge in [-0.25, -0.2) is 0 Å². The molecule has 0 aliphatic carbocycles. The molecule has 0 bridgehead atoms. The minimum absolute atomic E-state index is 0. The third kappa shape index (κ3) is 6.34. The minimum Gasteiger partial charge on any atom is -0.356 e. The maximum absolute atomic E-state index is 4.34. The van der Waals surface area contributed by atoms with Crippen LogP contribution in [-0.2, 0) is 0 Å². The fourth-order valence-electron chi connectivity index (χ4n) is 2.35. The molecule has 0 saturated heterocycles. The first-order valence-corrected chi connectivity index (χ1v) is 9.55. The highest BCUT2D eigenvalue weighted by atomic mass is 127. The Hall–Kier alpha value is -0.640. The average molecular weight is 478 g/mol. The molecule has 0 aliphatic rings. The molecular weight excluding hydrogens is 451 g/mol. The van der Waals surface area contributed by atoms with Gasteiger partial charge in [-0.2, -0.15) is 0 Å². The van der Waals surface area contributed by atoms with Crippen molar-refractivity contribution >= 4 is 52.6 Å². The topological polar surface area (TPSA) is 39.7 Å². The Morgan fingerprint density at radius 3 is 2.17 bits per heavy atom. The average Bonchev–Trinajstić information content (AvgIpc) is 3.23. The van der Waals surface area contributed by atoms with Crippen molar-refractivity contribution in [3.05, 3.63) is 44.8 Å². The van der Waals surface area contributed by atoms with Crippen molar-refractivity contribution in [3.63, 3.8) is 0 Å². The number of rotatable bonds is 7. The van der Waals surface area contributed by atoms with Gasteiger partial charge in [-0.05, 0) is 37.0 Å². The Balaban J connectivity index is 0.00000288. The molecule has 2 aromatic heterocycles. The Kier molecular flexibility index (Phi) is 9.87. The normalized spacial score (nSPS) is 14.1. The fourth-order valence-corrected chi connectivity index (χ4v) is 4.06. The number of hydrogen-bond donors (Lipinski definition) is 2. The van der Waals surface area contributed by atoms with Crippen molar-refractivity contribution in [1.29, 1.82) is 0 Å². The third-order valence-corrected chi connectivity index (χ3v) is 5.86. The zero-order valence-corrected chi connectivity index (χ0v) is 18.6. The van der Waals surface area contributed by atoms with E-state index in [1.165, 1.54) is 9.75 Å². The summed E-state index contributed by atoms with van der Waals surface area (Å²) in [4.78, 5) is 9.34. The van der Waals surface area contributed by atoms with Gasteiger partial charge in [-0.3, -0.25) is 4.99 Å². The van der Waals surface area contributed by atoms with E-state index < -0.39 is 0 Å². The van der Waals surface area contributed by atoms with Crippen LogP contribution >= 0.6 is 46.7 Å². The smallest absolute Gasteiger partial charge is 0.191 e. The van der Waals surface area contributed by atoms with Crippen molar-refractivity contribution in [2.24, 2.45) is 4.99 Å². The summed E-state index contributed by atoms with van der Waals surface area (Å²) in [6.07, 6.45) is 0. The molecule has 2 N–H and O–H groups in total. The standard InChI is InChI=1S/C17H26N4S2.HI/c1-13(15-7-5-9-22-15)11-19-17(18-2)20-12-14(21(3)4)16-8-6-10-23-16;/h5-10,13-14H,11-12H2,1-4H3,(H2,18,19,20);1H. The lowest BCUT2D eigenvalue weighted by Crippen LogP contribution is -2.42. The van der Waals surface area contributed by atoms with Crippen molar-refractivity contribution < 1.29 is 0 Å². The molecule has 2 unspecified atom stereocenters. The summed E-state index contributed by atoms with van der Waals surface area (Å²) in [5.74, 6) is 1.34. The summed E-state index contributed by atoms with van der Waals surface area (Å²) >= 11 is 3.60. The number of aliphatic imine (C=N–C) groups is 1. The van der Waals surface area contributed by atoms with Crippen LogP contribution in [0, 0.1) is 0 Å². The van der Waals surface area contributed by atoms with E-state index in [1.54, 1.807) is 22.7 Å². The van der Waals surface area contributed by atoms with E-state index >= 15 is 0 Å². The molecular formula is C17H27IN4S2. The summed E-state index contributed by atoms with van der Waals surface area (Å²) in [5, 5.41) is 11.1. The monoisotopic (exact) mass is 478 g/mol. The van der Waals surface area contributed by atoms with Crippen molar-refractivity contribution in [1.82, 2.24) is 15.5 Å². The fraction of sp³-hybridized carbons (Fsp3) is 0.471. The third-order valence-electron chi connectivity index (χ3n) is 3.79. The predicted octanol–water partition coefficient (Wildman–Crippen LogP) is 4.00. The predicted molar refractivity (Wildman–Crippen MR) is 118 cm³/mol. The van der Waals surface area contributed by atoms with E-state index in [4.69, 9.17) is 0 Å². The second-order valence-electron chi connectivity index (χ2n) is 5.75. The number of halogens is 1. The van der Waals surface area contributed by atoms with E-state index in [-0.39, 0.29) is 24.0 Å². The molecule has 7 heteroatoms. The van der Waals surface area contributed by atoms with Gasteiger partial charge in [0.2, 0.25) is 0 Å². The molecule has 2 atom stereocenters. The number of nitrogens with one attached hydrogen (secondary N) is 2. The second kappa shape index (κ2) is 11.1. The molecule has 2 rings (SSSR count). The number of nitrogens with zero attached hydrogens (tertiary/aromatic N) is 2. The van der Waals surface area contributed by atoms with Crippen LogP contribution in [0.5, 0.6) is 0 Å². The van der Waals surface area contributed by atoms with Gasteiger partial charge in [0.1, 0.15) is 0 Å². The van der Waals surface area contributed by atoms with Gasteiger partial charge < -0.3 is 15.5 Å². The van der Waals surface area contributed by atoms with E-state index in [1.807, 2.05) is 7.05 Å². The lowest BCUT2D eigenvalue weighted by atomic mass is 10.1. The highest BCUT2D eigenvalue weighted by Crippen LogP contribution is 2.22. The molecule has 0 spiro atoms. The summed E-state index contributed by atoms with van der Waals surface area (Å²) < 4.78 is 0. The Bertz CT molecular complexity index is 582. The van der Waals surface area contributed by atoms with Gasteiger partial charge in [0.15, 0.2) is 5.96 Å². The molecule has 0 amide bonds. The summed E-state index contributed by atoms with van der Waals surface area (Å²) in [5.41, 5.74) is 0. The van der Waals surface area contributed by atoms with Crippen LogP contribution in [0.15, 0.2) is 40.0 Å². The van der Waals surface area contributed by atoms with Gasteiger partial charge in [0, 0.05) is 35.8 Å². The lowest BCUT2D eigenvalue weighted by molar-refractivity contribution is 0.302. The minimum atomic E-state index is 0. The quantitative estimate of drug-likeness (QED) is 0.359. The van der Waals surface area contributed by atoms with Crippen molar-refractivity contribution in [2.75, 3.05) is 34.2 Å². The van der Waals surface area contributed by atoms with Gasteiger partial charge in [-0.1, -0.05) is 19.1 Å². The molecule has 24 heavy (non-hydrogen) atoms. The molecule has 0 aromatic carbocycles. The van der Waals surface area contributed by atoms with E-state index in [9.17, 15) is 0 Å². The van der Waals surface area contributed by atoms with Gasteiger partial charge in [0.05, 0.1) is 6.04 Å². The lowest BCUT2D eigenvalue weighted by Gasteiger charge is -2.25. The van der Waals surface area contributed by atoms with Crippen LogP contribution in [0.4, 0.5) is 0 Å². The molecule has 2 heterocycles. The molecule has 2 aromatic rings. The molecule has 0 radical (unpaired) electrons. The zero-order chi connectivity index (χ0) is 16.7. The van der Waals surface area contributed by atoms with Gasteiger partial charge in [0.25, 0.3) is 0 Å². The number of likely N-dealkylation sites (N-methyl/N-ethyl adjacent to an activating group) is 1. The first kappa shape index (κ1) is 21.4. The Morgan fingerprint density at radius 2 is 1.67 bits per heavy atom. The maximum atomic E-state index is 4.34. The summed E-state index contributed by atoms with van der Waals surface area (Å²) in [6.45, 7) is 3.95. The first-order chi connectivity index (χ1) is 11.1. The van der Waals surface area contributed by atoms with Crippen molar-refractivity contribution in [2.45, 2.75) is 18.9 Å². The SMILES string of the molecule is CN=C(NCC(C)c1cccs1)NCC(c1cccs1)N(C)C.I. The number of thiophene rings is 2. The number of hydrogen-bond acceptors (Lipinski definition) is 4. The van der Waals surface area contributed by atoms with E-state index in [0.717, 1.165) is 19.0 Å². The van der Waals surface area contributed by atoms with Crippen LogP contribution in [0.1, 0.15) is 28.6 Å². The molecule has 0 saturated carbocycles. The van der Waals surface area contributed by atoms with Gasteiger partial charge in [-0.15, -0.1) is 46.7 Å². The van der Waals surface area contributed by atoms with Crippen LogP contribution < -0.4 is 10.6 Å². The summed E-state index contributed by atoms with van der Waals surface area (Å²) in [7, 11) is 6.04. The second-order valence-corrected chi connectivity index (χ2v) is 7.70. The first-order valence-electron chi connectivity index (χ1n) is 7.79. The Morgan fingerprint density at radius 1 is 1.08 bits per heavy atom. The van der Waals surface area contributed by atoms with Crippen molar-refractivity contribution in [3.8, 4) is 0 Å². The maximum Gasteiger partial charge on any atom is 0.191 e. The van der Waals surface area contributed by atoms with Gasteiger partial charge >= 0.3 is 0 Å². The molecule has 4 nitrogen and oxygen atoms in total. The highest BCUT2D eigenvalue weighted by molar-refractivity contribution is 14.0. The number of guanidine groups is 1. The molecule has 0 fully saturated rings. The largest absolute Gasteiger partial charge is 0.356 e. The Labute approximate surface area is 170 Å². The van der Waals surface area contributed by atoms with Crippen LogP contribution in [0.2, 0.25) is 0 Å². The zero-order valence-electron chi connectivity index (χ0n) is 14.7. The summed E-state index contributed by atoms with van der Waals surface area (Å²) in [6, 6.07) is 8.93. The van der Waals surface area contributed by atoms with E-state index in [0.29, 0.717) is 12.0 Å².